The molecule has 0 bridgehead atoms. The van der Waals surface area contributed by atoms with Crippen molar-refractivity contribution in [2.24, 2.45) is 0 Å². The molecule has 2 aliphatic heterocycles. The van der Waals surface area contributed by atoms with Gasteiger partial charge < -0.3 is 31.6 Å². The molecule has 0 aliphatic carbocycles. The second-order valence-electron chi connectivity index (χ2n) is 6.47. The number of rotatable bonds is 4. The number of nitrogens with zero attached hydrogens (tertiary/aromatic N) is 2. The molecule has 2 aliphatic rings. The first-order chi connectivity index (χ1) is 12.7. The summed E-state index contributed by atoms with van der Waals surface area (Å²) in [7, 11) is 3.32. The van der Waals surface area contributed by atoms with Gasteiger partial charge in [-0.1, -0.05) is 0 Å². The Labute approximate surface area is 174 Å². The SMILES string of the molecule is COc1ccc(N2CC(O)(c3ccc(OC)cc3)[N+]3=C2SCCC3)cc1.[Br-]. The summed E-state index contributed by atoms with van der Waals surface area (Å²) in [6, 6.07) is 15.7. The molecule has 0 fully saturated rings. The van der Waals surface area contributed by atoms with E-state index < -0.39 is 5.72 Å². The van der Waals surface area contributed by atoms with Crippen LogP contribution in [0.25, 0.3) is 0 Å². The van der Waals surface area contributed by atoms with Crippen LogP contribution >= 0.6 is 11.8 Å². The molecule has 1 N–H and O–H groups in total. The lowest BCUT2D eigenvalue weighted by Crippen LogP contribution is -3.00. The lowest BCUT2D eigenvalue weighted by Gasteiger charge is -2.24. The number of benzene rings is 2. The summed E-state index contributed by atoms with van der Waals surface area (Å²) in [5.74, 6) is 2.69. The van der Waals surface area contributed by atoms with Crippen LogP contribution < -0.4 is 31.4 Å². The van der Waals surface area contributed by atoms with Gasteiger partial charge in [0.25, 0.3) is 5.72 Å². The number of β-amino-alcohol motifs (C(OH)–C–C–N with tert-alkyl or cyclic N) is 1. The van der Waals surface area contributed by atoms with Gasteiger partial charge in [-0.15, -0.1) is 0 Å². The van der Waals surface area contributed by atoms with Crippen LogP contribution in [0.4, 0.5) is 5.69 Å². The highest BCUT2D eigenvalue weighted by molar-refractivity contribution is 8.13. The molecule has 0 saturated carbocycles. The summed E-state index contributed by atoms with van der Waals surface area (Å²) >= 11 is 1.80. The molecule has 0 radical (unpaired) electrons. The van der Waals surface area contributed by atoms with Gasteiger partial charge in [0.05, 0.1) is 20.8 Å². The number of amidine groups is 1. The Bertz CT molecular complexity index is 826. The summed E-state index contributed by atoms with van der Waals surface area (Å²) in [4.78, 5) is 2.20. The van der Waals surface area contributed by atoms with E-state index in [1.165, 1.54) is 0 Å². The Morgan fingerprint density at radius 1 is 1.00 bits per heavy atom. The first-order valence-electron chi connectivity index (χ1n) is 8.71. The van der Waals surface area contributed by atoms with Gasteiger partial charge in [0, 0.05) is 11.3 Å². The predicted molar refractivity (Wildman–Crippen MR) is 104 cm³/mol. The fourth-order valence-electron chi connectivity index (χ4n) is 3.57. The molecule has 2 aromatic carbocycles. The molecule has 2 aromatic rings. The van der Waals surface area contributed by atoms with E-state index in [1.807, 2.05) is 48.5 Å². The van der Waals surface area contributed by atoms with E-state index in [0.29, 0.717) is 6.54 Å². The summed E-state index contributed by atoms with van der Waals surface area (Å²) in [6.07, 6.45) is 1.06. The molecule has 1 unspecified atom stereocenters. The minimum absolute atomic E-state index is 0. The molecule has 2 heterocycles. The largest absolute Gasteiger partial charge is 1.00 e. The Kier molecular flexibility index (Phi) is 6.03. The first-order valence-corrected chi connectivity index (χ1v) is 9.70. The highest BCUT2D eigenvalue weighted by atomic mass is 79.9. The molecule has 0 saturated heterocycles. The zero-order chi connectivity index (χ0) is 18.1. The van der Waals surface area contributed by atoms with Crippen LogP contribution in [-0.4, -0.2) is 47.9 Å². The molecular weight excluding hydrogens is 428 g/mol. The summed E-state index contributed by atoms with van der Waals surface area (Å²) in [5, 5.41) is 12.7. The standard InChI is InChI=1S/C20H23N2O3S.BrH/c1-24-17-8-4-15(5-9-17)20(23)14-21(19-22(20)12-3-13-26-19)16-6-10-18(25-2)11-7-16;/h4-11,23H,3,12-14H2,1-2H3;1H/q+1;/p-1. The summed E-state index contributed by atoms with van der Waals surface area (Å²) < 4.78 is 12.7. The molecule has 7 heteroatoms. The van der Waals surface area contributed by atoms with Crippen molar-refractivity contribution < 1.29 is 36.1 Å². The van der Waals surface area contributed by atoms with Crippen LogP contribution in [0, 0.1) is 0 Å². The van der Waals surface area contributed by atoms with Gasteiger partial charge >= 0.3 is 5.17 Å². The Balaban J connectivity index is 0.00000210. The number of thioether (sulfide) groups is 1. The molecule has 144 valence electrons. The van der Waals surface area contributed by atoms with Crippen molar-refractivity contribution >= 4 is 22.6 Å². The number of methoxy groups -OCH3 is 2. The first kappa shape index (κ1) is 20.0. The summed E-state index contributed by atoms with van der Waals surface area (Å²) in [5.41, 5.74) is 0.897. The third-order valence-electron chi connectivity index (χ3n) is 4.98. The molecular formula is C20H23BrN2O3S. The minimum atomic E-state index is -1.05. The highest BCUT2D eigenvalue weighted by Gasteiger charge is 2.53. The highest BCUT2D eigenvalue weighted by Crippen LogP contribution is 2.38. The van der Waals surface area contributed by atoms with Crippen molar-refractivity contribution in [3.8, 4) is 11.5 Å². The van der Waals surface area contributed by atoms with E-state index in [1.54, 1.807) is 26.0 Å². The van der Waals surface area contributed by atoms with Crippen molar-refractivity contribution in [2.75, 3.05) is 38.0 Å². The number of ether oxygens (including phenoxy) is 2. The predicted octanol–water partition coefficient (Wildman–Crippen LogP) is -0.121. The van der Waals surface area contributed by atoms with Crippen LogP contribution in [0.1, 0.15) is 12.0 Å². The smallest absolute Gasteiger partial charge is 0.316 e. The van der Waals surface area contributed by atoms with Crippen LogP contribution in [0.3, 0.4) is 0 Å². The fourth-order valence-corrected chi connectivity index (χ4v) is 4.75. The summed E-state index contributed by atoms with van der Waals surface area (Å²) in [6.45, 7) is 1.34. The van der Waals surface area contributed by atoms with Crippen molar-refractivity contribution in [1.29, 1.82) is 0 Å². The Morgan fingerprint density at radius 2 is 1.59 bits per heavy atom. The van der Waals surface area contributed by atoms with Crippen molar-refractivity contribution in [1.82, 2.24) is 0 Å². The maximum absolute atomic E-state index is 11.6. The van der Waals surface area contributed by atoms with Crippen LogP contribution in [0.15, 0.2) is 48.5 Å². The average molecular weight is 451 g/mol. The van der Waals surface area contributed by atoms with Gasteiger partial charge in [0.2, 0.25) is 0 Å². The second kappa shape index (κ2) is 8.12. The monoisotopic (exact) mass is 450 g/mol. The van der Waals surface area contributed by atoms with Gasteiger partial charge in [-0.3, -0.25) is 0 Å². The van der Waals surface area contributed by atoms with E-state index >= 15 is 0 Å². The van der Waals surface area contributed by atoms with E-state index in [-0.39, 0.29) is 17.0 Å². The molecule has 0 aromatic heterocycles. The Morgan fingerprint density at radius 3 is 2.19 bits per heavy atom. The lowest BCUT2D eigenvalue weighted by atomic mass is 10.0. The van der Waals surface area contributed by atoms with Gasteiger partial charge in [0.15, 0.2) is 6.54 Å². The number of hydrogen-bond donors (Lipinski definition) is 1. The zero-order valence-electron chi connectivity index (χ0n) is 15.4. The number of anilines is 1. The number of halogens is 1. The number of hydrogen-bond acceptors (Lipinski definition) is 5. The molecule has 5 nitrogen and oxygen atoms in total. The van der Waals surface area contributed by atoms with Gasteiger partial charge in [-0.2, -0.15) is 0 Å². The quantitative estimate of drug-likeness (QED) is 0.657. The topological polar surface area (TPSA) is 44.9 Å². The van der Waals surface area contributed by atoms with Crippen molar-refractivity contribution in [3.63, 3.8) is 0 Å². The maximum Gasteiger partial charge on any atom is 0.316 e. The molecule has 4 rings (SSSR count). The maximum atomic E-state index is 11.6. The van der Waals surface area contributed by atoms with E-state index in [9.17, 15) is 5.11 Å². The molecule has 0 amide bonds. The lowest BCUT2D eigenvalue weighted by molar-refractivity contribution is -0.656. The van der Waals surface area contributed by atoms with Crippen LogP contribution in [0.5, 0.6) is 11.5 Å². The van der Waals surface area contributed by atoms with Crippen molar-refractivity contribution in [2.45, 2.75) is 12.1 Å². The minimum Gasteiger partial charge on any atom is -1.00 e. The fraction of sp³-hybridized carbons (Fsp3) is 0.350. The molecule has 27 heavy (non-hydrogen) atoms. The average Bonchev–Trinajstić information content (AvgIpc) is 3.02. The van der Waals surface area contributed by atoms with Gasteiger partial charge in [-0.25, -0.2) is 9.48 Å². The van der Waals surface area contributed by atoms with E-state index in [4.69, 9.17) is 9.47 Å². The second-order valence-corrected chi connectivity index (χ2v) is 7.53. The normalized spacial score (nSPS) is 21.5. The van der Waals surface area contributed by atoms with E-state index in [0.717, 1.165) is 46.6 Å². The van der Waals surface area contributed by atoms with Gasteiger partial charge in [-0.05, 0) is 66.7 Å². The van der Waals surface area contributed by atoms with Crippen LogP contribution in [0.2, 0.25) is 0 Å². The van der Waals surface area contributed by atoms with E-state index in [2.05, 4.69) is 9.48 Å². The van der Waals surface area contributed by atoms with Crippen LogP contribution in [-0.2, 0) is 5.72 Å². The third-order valence-corrected chi connectivity index (χ3v) is 6.17. The van der Waals surface area contributed by atoms with Crippen molar-refractivity contribution in [3.05, 3.63) is 54.1 Å². The molecule has 0 spiro atoms. The molecule has 1 atom stereocenters. The number of aliphatic hydroxyl groups is 1. The van der Waals surface area contributed by atoms with Gasteiger partial charge in [0.1, 0.15) is 17.2 Å². The Hall–Kier alpha value is -1.70. The third kappa shape index (κ3) is 3.56. The zero-order valence-corrected chi connectivity index (χ0v) is 17.8.